The molecule has 0 unspecified atom stereocenters. The number of rotatable bonds is 5. The van der Waals surface area contributed by atoms with Crippen LogP contribution in [0.3, 0.4) is 0 Å². The van der Waals surface area contributed by atoms with Gasteiger partial charge in [0.15, 0.2) is 0 Å². The fraction of sp³-hybridized carbons (Fsp3) is 0.385. The van der Waals surface area contributed by atoms with Crippen molar-refractivity contribution in [2.24, 2.45) is 5.73 Å². The minimum Gasteiger partial charge on any atom is -0.399 e. The molecule has 0 aliphatic carbocycles. The third-order valence-corrected chi connectivity index (χ3v) is 2.68. The van der Waals surface area contributed by atoms with Crippen LogP contribution in [0, 0.1) is 11.3 Å². The van der Waals surface area contributed by atoms with Gasteiger partial charge < -0.3 is 16.4 Å². The Balaban J connectivity index is 3.21. The highest BCUT2D eigenvalue weighted by Crippen LogP contribution is 2.25. The highest BCUT2D eigenvalue weighted by Gasteiger charge is 2.17. The Labute approximate surface area is 107 Å². The standard InChI is InChI=1S/C13H18N4O/c1-9(2)17(7-3-6-14)12-8-10(15)4-5-11(12)13(16)18/h4-5,8-9H,3,7,15H2,1-2H3,(H2,16,18). The molecule has 0 fully saturated rings. The molecule has 0 radical (unpaired) electrons. The number of nitrogens with zero attached hydrogens (tertiary/aromatic N) is 2. The summed E-state index contributed by atoms with van der Waals surface area (Å²) in [6, 6.07) is 7.23. The average molecular weight is 246 g/mol. The van der Waals surface area contributed by atoms with Gasteiger partial charge in [0.05, 0.1) is 23.7 Å². The van der Waals surface area contributed by atoms with E-state index in [0.29, 0.717) is 29.9 Å². The largest absolute Gasteiger partial charge is 0.399 e. The van der Waals surface area contributed by atoms with Gasteiger partial charge in [-0.2, -0.15) is 5.26 Å². The van der Waals surface area contributed by atoms with Crippen LogP contribution in [0.5, 0.6) is 0 Å². The van der Waals surface area contributed by atoms with Gasteiger partial charge in [-0.25, -0.2) is 0 Å². The zero-order chi connectivity index (χ0) is 13.7. The number of nitriles is 1. The second-order valence-electron chi connectivity index (χ2n) is 4.34. The predicted octanol–water partition coefficient (Wildman–Crippen LogP) is 1.50. The topological polar surface area (TPSA) is 96.1 Å². The van der Waals surface area contributed by atoms with Crippen LogP contribution in [0.4, 0.5) is 11.4 Å². The maximum absolute atomic E-state index is 11.4. The highest BCUT2D eigenvalue weighted by atomic mass is 16.1. The Bertz CT molecular complexity index is 476. The molecule has 96 valence electrons. The minimum atomic E-state index is -0.493. The summed E-state index contributed by atoms with van der Waals surface area (Å²) >= 11 is 0. The first-order valence-corrected chi connectivity index (χ1v) is 5.80. The van der Waals surface area contributed by atoms with E-state index in [2.05, 4.69) is 6.07 Å². The van der Waals surface area contributed by atoms with Crippen molar-refractivity contribution < 1.29 is 4.79 Å². The monoisotopic (exact) mass is 246 g/mol. The maximum atomic E-state index is 11.4. The molecule has 1 rings (SSSR count). The lowest BCUT2D eigenvalue weighted by Crippen LogP contribution is -2.33. The highest BCUT2D eigenvalue weighted by molar-refractivity contribution is 5.99. The Morgan fingerprint density at radius 1 is 1.50 bits per heavy atom. The quantitative estimate of drug-likeness (QED) is 0.769. The maximum Gasteiger partial charge on any atom is 0.250 e. The van der Waals surface area contributed by atoms with Crippen molar-refractivity contribution >= 4 is 17.3 Å². The molecule has 5 heteroatoms. The molecule has 1 amide bonds. The van der Waals surface area contributed by atoms with Crippen molar-refractivity contribution in [3.63, 3.8) is 0 Å². The van der Waals surface area contributed by atoms with Crippen LogP contribution in [0.15, 0.2) is 18.2 Å². The van der Waals surface area contributed by atoms with Gasteiger partial charge in [0, 0.05) is 18.3 Å². The fourth-order valence-corrected chi connectivity index (χ4v) is 1.82. The number of carbonyl (C=O) groups excluding carboxylic acids is 1. The third-order valence-electron chi connectivity index (χ3n) is 2.68. The Morgan fingerprint density at radius 2 is 2.17 bits per heavy atom. The number of amides is 1. The molecule has 0 heterocycles. The van der Waals surface area contributed by atoms with E-state index in [1.807, 2.05) is 18.7 Å². The van der Waals surface area contributed by atoms with Crippen LogP contribution >= 0.6 is 0 Å². The van der Waals surface area contributed by atoms with Crippen molar-refractivity contribution in [2.45, 2.75) is 26.3 Å². The van der Waals surface area contributed by atoms with Crippen LogP contribution in [-0.4, -0.2) is 18.5 Å². The average Bonchev–Trinajstić information content (AvgIpc) is 2.28. The number of nitrogen functional groups attached to an aromatic ring is 1. The number of hydrogen-bond acceptors (Lipinski definition) is 4. The van der Waals surface area contributed by atoms with Gasteiger partial charge in [-0.05, 0) is 32.0 Å². The molecule has 0 saturated carbocycles. The van der Waals surface area contributed by atoms with E-state index in [1.165, 1.54) is 0 Å². The summed E-state index contributed by atoms with van der Waals surface area (Å²) in [6.07, 6.45) is 0.380. The molecular weight excluding hydrogens is 228 g/mol. The second-order valence-corrected chi connectivity index (χ2v) is 4.34. The molecule has 0 spiro atoms. The molecule has 1 aromatic carbocycles. The normalized spacial score (nSPS) is 10.1. The van der Waals surface area contributed by atoms with Crippen molar-refractivity contribution in [1.82, 2.24) is 0 Å². The molecule has 0 saturated heterocycles. The first-order chi connectivity index (χ1) is 8.47. The molecule has 1 aromatic rings. The minimum absolute atomic E-state index is 0.151. The molecule has 0 bridgehead atoms. The molecule has 0 aliphatic heterocycles. The van der Waals surface area contributed by atoms with E-state index in [0.717, 1.165) is 0 Å². The zero-order valence-corrected chi connectivity index (χ0v) is 10.7. The number of hydrogen-bond donors (Lipinski definition) is 2. The van der Waals surface area contributed by atoms with Gasteiger partial charge in [0.25, 0.3) is 5.91 Å². The predicted molar refractivity (Wildman–Crippen MR) is 72.1 cm³/mol. The van der Waals surface area contributed by atoms with E-state index < -0.39 is 5.91 Å². The van der Waals surface area contributed by atoms with Gasteiger partial charge in [-0.3, -0.25) is 4.79 Å². The van der Waals surface area contributed by atoms with E-state index in [9.17, 15) is 4.79 Å². The van der Waals surface area contributed by atoms with E-state index in [1.54, 1.807) is 18.2 Å². The van der Waals surface area contributed by atoms with Gasteiger partial charge in [-0.1, -0.05) is 0 Å². The smallest absolute Gasteiger partial charge is 0.250 e. The summed E-state index contributed by atoms with van der Waals surface area (Å²) in [7, 11) is 0. The third kappa shape index (κ3) is 3.14. The van der Waals surface area contributed by atoms with Crippen LogP contribution in [0.25, 0.3) is 0 Å². The number of benzene rings is 1. The summed E-state index contributed by atoms with van der Waals surface area (Å²) in [5, 5.41) is 8.68. The van der Waals surface area contributed by atoms with Crippen LogP contribution in [0.2, 0.25) is 0 Å². The molecule has 0 aliphatic rings. The number of primary amides is 1. The molecule has 0 aromatic heterocycles. The lowest BCUT2D eigenvalue weighted by Gasteiger charge is -2.29. The fourth-order valence-electron chi connectivity index (χ4n) is 1.82. The number of carbonyl (C=O) groups is 1. The van der Waals surface area contributed by atoms with Crippen molar-refractivity contribution in [3.8, 4) is 6.07 Å². The van der Waals surface area contributed by atoms with Crippen molar-refractivity contribution in [3.05, 3.63) is 23.8 Å². The summed E-state index contributed by atoms with van der Waals surface area (Å²) in [5.41, 5.74) is 12.8. The van der Waals surface area contributed by atoms with Crippen molar-refractivity contribution in [1.29, 1.82) is 5.26 Å². The lowest BCUT2D eigenvalue weighted by molar-refractivity contribution is 0.100. The summed E-state index contributed by atoms with van der Waals surface area (Å²) in [6.45, 7) is 4.52. The van der Waals surface area contributed by atoms with Crippen LogP contribution < -0.4 is 16.4 Å². The summed E-state index contributed by atoms with van der Waals surface area (Å²) < 4.78 is 0. The van der Waals surface area contributed by atoms with Gasteiger partial charge in [-0.15, -0.1) is 0 Å². The first kappa shape index (κ1) is 13.8. The Hall–Kier alpha value is -2.22. The molecular formula is C13H18N4O. The Kier molecular flexibility index (Phi) is 4.55. The van der Waals surface area contributed by atoms with Gasteiger partial charge >= 0.3 is 0 Å². The van der Waals surface area contributed by atoms with Crippen molar-refractivity contribution in [2.75, 3.05) is 17.2 Å². The van der Waals surface area contributed by atoms with Crippen LogP contribution in [0.1, 0.15) is 30.6 Å². The lowest BCUT2D eigenvalue weighted by atomic mass is 10.1. The van der Waals surface area contributed by atoms with Gasteiger partial charge in [0.2, 0.25) is 0 Å². The molecule has 5 nitrogen and oxygen atoms in total. The first-order valence-electron chi connectivity index (χ1n) is 5.80. The number of nitrogens with two attached hydrogens (primary N) is 2. The number of anilines is 2. The SMILES string of the molecule is CC(C)N(CCC#N)c1cc(N)ccc1C(N)=O. The van der Waals surface area contributed by atoms with Crippen LogP contribution in [-0.2, 0) is 0 Å². The molecule has 4 N–H and O–H groups in total. The van der Waals surface area contributed by atoms with E-state index in [-0.39, 0.29) is 6.04 Å². The zero-order valence-electron chi connectivity index (χ0n) is 10.7. The summed E-state index contributed by atoms with van der Waals surface area (Å²) in [5.74, 6) is -0.493. The molecule has 0 atom stereocenters. The van der Waals surface area contributed by atoms with Gasteiger partial charge in [0.1, 0.15) is 0 Å². The summed E-state index contributed by atoms with van der Waals surface area (Å²) in [4.78, 5) is 13.4. The molecule has 18 heavy (non-hydrogen) atoms. The Morgan fingerprint density at radius 3 is 2.67 bits per heavy atom. The van der Waals surface area contributed by atoms with E-state index >= 15 is 0 Å². The second kappa shape index (κ2) is 5.92. The van der Waals surface area contributed by atoms with E-state index in [4.69, 9.17) is 16.7 Å².